The number of hydrogen-bond donors (Lipinski definition) is 1. The summed E-state index contributed by atoms with van der Waals surface area (Å²) in [6.07, 6.45) is 1.69. The van der Waals surface area contributed by atoms with Gasteiger partial charge in [-0.15, -0.1) is 6.58 Å². The molecule has 15 heavy (non-hydrogen) atoms. The van der Waals surface area contributed by atoms with Gasteiger partial charge in [0.2, 0.25) is 0 Å². The van der Waals surface area contributed by atoms with E-state index < -0.39 is 4.92 Å². The minimum atomic E-state index is -0.414. The SMILES string of the molecule is C=CC(C)Nc1ccc(Br)cc1[N+](=O)[O-]. The van der Waals surface area contributed by atoms with Crippen molar-refractivity contribution in [1.29, 1.82) is 0 Å². The molecule has 0 saturated heterocycles. The lowest BCUT2D eigenvalue weighted by Crippen LogP contribution is -2.12. The average molecular weight is 271 g/mol. The minimum absolute atomic E-state index is 0.00937. The van der Waals surface area contributed by atoms with Crippen LogP contribution in [-0.2, 0) is 0 Å². The monoisotopic (exact) mass is 270 g/mol. The molecule has 5 heteroatoms. The summed E-state index contributed by atoms with van der Waals surface area (Å²) >= 11 is 3.20. The van der Waals surface area contributed by atoms with Crippen LogP contribution in [0.1, 0.15) is 6.92 Å². The molecule has 0 bridgehead atoms. The van der Waals surface area contributed by atoms with Crippen LogP contribution in [0, 0.1) is 10.1 Å². The van der Waals surface area contributed by atoms with E-state index in [0.29, 0.717) is 10.2 Å². The maximum atomic E-state index is 10.8. The smallest absolute Gasteiger partial charge is 0.293 e. The van der Waals surface area contributed by atoms with Gasteiger partial charge in [-0.1, -0.05) is 22.0 Å². The highest BCUT2D eigenvalue weighted by Gasteiger charge is 2.14. The number of nitrogens with zero attached hydrogens (tertiary/aromatic N) is 1. The first-order valence-corrected chi connectivity index (χ1v) is 5.17. The zero-order valence-corrected chi connectivity index (χ0v) is 9.82. The maximum absolute atomic E-state index is 10.8. The van der Waals surface area contributed by atoms with Crippen LogP contribution in [-0.4, -0.2) is 11.0 Å². The normalized spacial score (nSPS) is 11.9. The van der Waals surface area contributed by atoms with Crippen molar-refractivity contribution >= 4 is 27.3 Å². The largest absolute Gasteiger partial charge is 0.374 e. The van der Waals surface area contributed by atoms with Gasteiger partial charge in [-0.2, -0.15) is 0 Å². The van der Waals surface area contributed by atoms with Gasteiger partial charge in [-0.3, -0.25) is 10.1 Å². The van der Waals surface area contributed by atoms with E-state index >= 15 is 0 Å². The van der Waals surface area contributed by atoms with E-state index in [4.69, 9.17) is 0 Å². The topological polar surface area (TPSA) is 55.2 Å². The quantitative estimate of drug-likeness (QED) is 0.519. The lowest BCUT2D eigenvalue weighted by atomic mass is 10.2. The van der Waals surface area contributed by atoms with E-state index in [0.717, 1.165) is 0 Å². The molecule has 1 aromatic rings. The van der Waals surface area contributed by atoms with Crippen LogP contribution in [0.3, 0.4) is 0 Å². The summed E-state index contributed by atoms with van der Waals surface area (Å²) in [5, 5.41) is 13.8. The highest BCUT2D eigenvalue weighted by atomic mass is 79.9. The van der Waals surface area contributed by atoms with Crippen LogP contribution in [0.2, 0.25) is 0 Å². The molecule has 0 aliphatic heterocycles. The van der Waals surface area contributed by atoms with Crippen LogP contribution >= 0.6 is 15.9 Å². The number of nitrogens with one attached hydrogen (secondary N) is 1. The third-order valence-corrected chi connectivity index (χ3v) is 2.39. The number of rotatable bonds is 4. The third kappa shape index (κ3) is 3.06. The molecule has 0 spiro atoms. The van der Waals surface area contributed by atoms with Crippen LogP contribution in [0.25, 0.3) is 0 Å². The average Bonchev–Trinajstić information content (AvgIpc) is 2.20. The Morgan fingerprint density at radius 1 is 1.67 bits per heavy atom. The first-order valence-electron chi connectivity index (χ1n) is 4.37. The fourth-order valence-electron chi connectivity index (χ4n) is 1.08. The molecule has 0 aliphatic rings. The van der Waals surface area contributed by atoms with Crippen molar-refractivity contribution in [3.63, 3.8) is 0 Å². The number of nitro benzene ring substituents is 1. The van der Waals surface area contributed by atoms with Crippen molar-refractivity contribution in [3.8, 4) is 0 Å². The summed E-state index contributed by atoms with van der Waals surface area (Å²) in [6.45, 7) is 5.48. The minimum Gasteiger partial charge on any atom is -0.374 e. The fourth-order valence-corrected chi connectivity index (χ4v) is 1.43. The van der Waals surface area contributed by atoms with E-state index in [1.807, 2.05) is 6.92 Å². The summed E-state index contributed by atoms with van der Waals surface area (Å²) < 4.78 is 0.686. The molecular weight excluding hydrogens is 260 g/mol. The summed E-state index contributed by atoms with van der Waals surface area (Å²) in [5.41, 5.74) is 0.550. The molecule has 0 amide bonds. The third-order valence-electron chi connectivity index (χ3n) is 1.89. The van der Waals surface area contributed by atoms with Gasteiger partial charge in [0.15, 0.2) is 0 Å². The van der Waals surface area contributed by atoms with E-state index in [2.05, 4.69) is 27.8 Å². The van der Waals surface area contributed by atoms with Crippen LogP contribution in [0.15, 0.2) is 35.3 Å². The summed E-state index contributed by atoms with van der Waals surface area (Å²) in [4.78, 5) is 10.3. The maximum Gasteiger partial charge on any atom is 0.293 e. The predicted octanol–water partition coefficient (Wildman–Crippen LogP) is 3.34. The highest BCUT2D eigenvalue weighted by molar-refractivity contribution is 9.10. The Hall–Kier alpha value is -1.36. The van der Waals surface area contributed by atoms with E-state index in [-0.39, 0.29) is 11.7 Å². The van der Waals surface area contributed by atoms with Gasteiger partial charge in [-0.25, -0.2) is 0 Å². The molecule has 0 aliphatic carbocycles. The number of halogens is 1. The Bertz CT molecular complexity index is 393. The first-order chi connectivity index (χ1) is 7.04. The molecule has 1 aromatic carbocycles. The molecule has 1 N–H and O–H groups in total. The molecule has 0 radical (unpaired) electrons. The second kappa shape index (κ2) is 4.93. The lowest BCUT2D eigenvalue weighted by Gasteiger charge is -2.10. The molecule has 4 nitrogen and oxygen atoms in total. The summed E-state index contributed by atoms with van der Waals surface area (Å²) in [7, 11) is 0. The molecule has 80 valence electrons. The molecule has 1 rings (SSSR count). The number of anilines is 1. The van der Waals surface area contributed by atoms with E-state index in [9.17, 15) is 10.1 Å². The number of benzene rings is 1. The molecule has 1 unspecified atom stereocenters. The number of nitro groups is 1. The van der Waals surface area contributed by atoms with Gasteiger partial charge in [0.25, 0.3) is 5.69 Å². The van der Waals surface area contributed by atoms with Crippen molar-refractivity contribution in [2.24, 2.45) is 0 Å². The lowest BCUT2D eigenvalue weighted by molar-refractivity contribution is -0.384. The van der Waals surface area contributed by atoms with E-state index in [1.54, 1.807) is 18.2 Å². The first kappa shape index (κ1) is 11.7. The van der Waals surface area contributed by atoms with Gasteiger partial charge in [-0.05, 0) is 19.1 Å². The van der Waals surface area contributed by atoms with Gasteiger partial charge in [0.05, 0.1) is 4.92 Å². The Balaban J connectivity index is 3.05. The molecule has 0 aromatic heterocycles. The van der Waals surface area contributed by atoms with Crippen molar-refractivity contribution in [1.82, 2.24) is 0 Å². The van der Waals surface area contributed by atoms with E-state index in [1.165, 1.54) is 6.07 Å². The van der Waals surface area contributed by atoms with Crippen molar-refractivity contribution in [3.05, 3.63) is 45.4 Å². The number of hydrogen-bond acceptors (Lipinski definition) is 3. The Morgan fingerprint density at radius 3 is 2.87 bits per heavy atom. The van der Waals surface area contributed by atoms with Crippen LogP contribution in [0.5, 0.6) is 0 Å². The van der Waals surface area contributed by atoms with Crippen molar-refractivity contribution < 1.29 is 4.92 Å². The van der Waals surface area contributed by atoms with Gasteiger partial charge >= 0.3 is 0 Å². The highest BCUT2D eigenvalue weighted by Crippen LogP contribution is 2.28. The Labute approximate surface area is 96.3 Å². The molecule has 0 fully saturated rings. The fraction of sp³-hybridized carbons (Fsp3) is 0.200. The molecular formula is C10H11BrN2O2. The summed E-state index contributed by atoms with van der Waals surface area (Å²) in [5.74, 6) is 0. The predicted molar refractivity (Wildman–Crippen MR) is 64.1 cm³/mol. The zero-order valence-electron chi connectivity index (χ0n) is 8.24. The van der Waals surface area contributed by atoms with Crippen molar-refractivity contribution in [2.75, 3.05) is 5.32 Å². The van der Waals surface area contributed by atoms with Gasteiger partial charge in [0, 0.05) is 16.6 Å². The Morgan fingerprint density at radius 2 is 2.33 bits per heavy atom. The van der Waals surface area contributed by atoms with Crippen LogP contribution < -0.4 is 5.32 Å². The second-order valence-electron chi connectivity index (χ2n) is 3.09. The standard InChI is InChI=1S/C10H11BrN2O2/c1-3-7(2)12-9-5-4-8(11)6-10(9)13(14)15/h3-7,12H,1H2,2H3. The molecule has 0 saturated carbocycles. The van der Waals surface area contributed by atoms with Gasteiger partial charge < -0.3 is 5.32 Å². The van der Waals surface area contributed by atoms with Crippen molar-refractivity contribution in [2.45, 2.75) is 13.0 Å². The van der Waals surface area contributed by atoms with Crippen LogP contribution in [0.4, 0.5) is 11.4 Å². The summed E-state index contributed by atoms with van der Waals surface area (Å²) in [6, 6.07) is 4.88. The second-order valence-corrected chi connectivity index (χ2v) is 4.00. The Kier molecular flexibility index (Phi) is 3.85. The molecule has 0 heterocycles. The van der Waals surface area contributed by atoms with Gasteiger partial charge in [0.1, 0.15) is 5.69 Å². The zero-order chi connectivity index (χ0) is 11.4. The molecule has 1 atom stereocenters.